The Hall–Kier alpha value is -3.69. The van der Waals surface area contributed by atoms with Crippen molar-refractivity contribution in [2.75, 3.05) is 46.4 Å². The average Bonchev–Trinajstić information content (AvgIpc) is 3.10. The second kappa shape index (κ2) is 13.8. The van der Waals surface area contributed by atoms with Gasteiger partial charge in [0, 0.05) is 31.0 Å². The Kier molecular flexibility index (Phi) is 10.2. The minimum Gasteiger partial charge on any atom is -0.497 e. The van der Waals surface area contributed by atoms with Crippen LogP contribution < -0.4 is 19.1 Å². The number of anilines is 1. The number of rotatable bonds is 11. The van der Waals surface area contributed by atoms with Crippen molar-refractivity contribution in [1.29, 1.82) is 0 Å². The molecular weight excluding hydrogens is 540 g/mol. The number of carbonyl (C=O) groups excluding carboxylic acids is 2. The standard InChI is InChI=1S/C32H38N2O6S/c1-21(33(3)18-17-23-11-16-27(38-5)28(19-23)39-6)20-34-26-9-7-8-10-29(26)41-31(30(32(34)36)40-22(2)35)24-12-14-25(37-4)15-13-24/h7-16,19,21,30-31H,17-18,20H2,1-6H3/t21-,30-,31+/m0/s1. The molecule has 3 atom stereocenters. The molecule has 0 radical (unpaired) electrons. The summed E-state index contributed by atoms with van der Waals surface area (Å²) >= 11 is 1.54. The lowest BCUT2D eigenvalue weighted by atomic mass is 10.0. The summed E-state index contributed by atoms with van der Waals surface area (Å²) in [6.07, 6.45) is -0.181. The summed E-state index contributed by atoms with van der Waals surface area (Å²) in [7, 11) is 6.92. The van der Waals surface area contributed by atoms with Gasteiger partial charge in [0.2, 0.25) is 0 Å². The van der Waals surface area contributed by atoms with E-state index < -0.39 is 17.3 Å². The van der Waals surface area contributed by atoms with E-state index in [0.717, 1.165) is 40.4 Å². The minimum absolute atomic E-state index is 0.0210. The van der Waals surface area contributed by atoms with Gasteiger partial charge in [-0.15, -0.1) is 11.8 Å². The Morgan fingerprint density at radius 3 is 2.34 bits per heavy atom. The van der Waals surface area contributed by atoms with Gasteiger partial charge in [0.05, 0.1) is 32.3 Å². The molecule has 0 aliphatic carbocycles. The molecule has 1 amide bonds. The third-order valence-electron chi connectivity index (χ3n) is 7.33. The fourth-order valence-corrected chi connectivity index (χ4v) is 6.18. The lowest BCUT2D eigenvalue weighted by Gasteiger charge is -2.33. The summed E-state index contributed by atoms with van der Waals surface area (Å²) in [6.45, 7) is 4.66. The Labute approximate surface area is 246 Å². The van der Waals surface area contributed by atoms with Gasteiger partial charge in [0.15, 0.2) is 17.6 Å². The summed E-state index contributed by atoms with van der Waals surface area (Å²) in [4.78, 5) is 31.4. The maximum atomic E-state index is 14.2. The summed E-state index contributed by atoms with van der Waals surface area (Å²) in [5.74, 6) is 1.39. The first-order valence-corrected chi connectivity index (χ1v) is 14.4. The molecule has 0 fully saturated rings. The molecule has 0 unspecified atom stereocenters. The van der Waals surface area contributed by atoms with Crippen molar-refractivity contribution in [3.05, 3.63) is 77.9 Å². The highest BCUT2D eigenvalue weighted by molar-refractivity contribution is 7.99. The number of hydrogen-bond donors (Lipinski definition) is 0. The second-order valence-corrected chi connectivity index (χ2v) is 11.2. The normalized spacial score (nSPS) is 17.4. The van der Waals surface area contributed by atoms with Gasteiger partial charge in [0.25, 0.3) is 5.91 Å². The number of ether oxygens (including phenoxy) is 4. The van der Waals surface area contributed by atoms with Crippen LogP contribution in [0.15, 0.2) is 71.6 Å². The molecule has 1 aliphatic rings. The Balaban J connectivity index is 1.57. The highest BCUT2D eigenvalue weighted by atomic mass is 32.2. The van der Waals surface area contributed by atoms with E-state index in [1.54, 1.807) is 26.2 Å². The molecule has 41 heavy (non-hydrogen) atoms. The first-order valence-electron chi connectivity index (χ1n) is 13.5. The van der Waals surface area contributed by atoms with Crippen molar-refractivity contribution in [2.24, 2.45) is 0 Å². The molecule has 0 N–H and O–H groups in total. The Bertz CT molecular complexity index is 1350. The third kappa shape index (κ3) is 7.15. The highest BCUT2D eigenvalue weighted by Gasteiger charge is 2.41. The molecule has 1 heterocycles. The largest absolute Gasteiger partial charge is 0.497 e. The minimum atomic E-state index is -0.984. The smallest absolute Gasteiger partial charge is 0.303 e. The number of thioether (sulfide) groups is 1. The predicted molar refractivity (Wildman–Crippen MR) is 161 cm³/mol. The molecule has 8 nitrogen and oxygen atoms in total. The van der Waals surface area contributed by atoms with Crippen LogP contribution in [0.4, 0.5) is 5.69 Å². The summed E-state index contributed by atoms with van der Waals surface area (Å²) < 4.78 is 21.9. The molecular formula is C32H38N2O6S. The van der Waals surface area contributed by atoms with Crippen LogP contribution in [0.1, 0.15) is 30.2 Å². The van der Waals surface area contributed by atoms with Crippen molar-refractivity contribution < 1.29 is 28.5 Å². The molecule has 3 aromatic carbocycles. The maximum Gasteiger partial charge on any atom is 0.303 e. The molecule has 218 valence electrons. The topological polar surface area (TPSA) is 77.5 Å². The molecule has 0 saturated heterocycles. The van der Waals surface area contributed by atoms with E-state index in [9.17, 15) is 9.59 Å². The van der Waals surface area contributed by atoms with Gasteiger partial charge >= 0.3 is 5.97 Å². The molecule has 0 bridgehead atoms. The average molecular weight is 579 g/mol. The Morgan fingerprint density at radius 1 is 0.976 bits per heavy atom. The lowest BCUT2D eigenvalue weighted by molar-refractivity contribution is -0.152. The Morgan fingerprint density at radius 2 is 1.68 bits per heavy atom. The van der Waals surface area contributed by atoms with Crippen LogP contribution in [0.3, 0.4) is 0 Å². The quantitative estimate of drug-likeness (QED) is 0.281. The zero-order chi connectivity index (χ0) is 29.5. The summed E-state index contributed by atoms with van der Waals surface area (Å²) in [5.41, 5.74) is 2.83. The molecule has 1 aliphatic heterocycles. The molecule has 0 spiro atoms. The molecule has 4 rings (SSSR count). The van der Waals surface area contributed by atoms with Crippen LogP contribution in [0, 0.1) is 0 Å². The summed E-state index contributed by atoms with van der Waals surface area (Å²) in [5, 5.41) is -0.415. The second-order valence-electron chi connectivity index (χ2n) is 10.0. The fraction of sp³-hybridized carbons (Fsp3) is 0.375. The van der Waals surface area contributed by atoms with Crippen molar-refractivity contribution in [3.8, 4) is 17.2 Å². The number of likely N-dealkylation sites (N-methyl/N-ethyl adjacent to an activating group) is 1. The fourth-order valence-electron chi connectivity index (χ4n) is 4.86. The molecule has 0 aromatic heterocycles. The summed E-state index contributed by atoms with van der Waals surface area (Å²) in [6, 6.07) is 21.4. The number of methoxy groups -OCH3 is 3. The van der Waals surface area contributed by atoms with Crippen LogP contribution in [0.25, 0.3) is 0 Å². The number of benzene rings is 3. The van der Waals surface area contributed by atoms with Crippen molar-refractivity contribution in [1.82, 2.24) is 4.90 Å². The number of esters is 1. The monoisotopic (exact) mass is 578 g/mol. The third-order valence-corrected chi connectivity index (χ3v) is 8.70. The van der Waals surface area contributed by atoms with E-state index in [2.05, 4.69) is 18.9 Å². The zero-order valence-electron chi connectivity index (χ0n) is 24.5. The lowest BCUT2D eigenvalue weighted by Crippen LogP contribution is -2.48. The van der Waals surface area contributed by atoms with E-state index in [1.807, 2.05) is 66.7 Å². The zero-order valence-corrected chi connectivity index (χ0v) is 25.3. The van der Waals surface area contributed by atoms with Gasteiger partial charge in [-0.3, -0.25) is 9.59 Å². The van der Waals surface area contributed by atoms with E-state index in [-0.39, 0.29) is 11.9 Å². The van der Waals surface area contributed by atoms with Gasteiger partial charge in [-0.1, -0.05) is 30.3 Å². The number of para-hydroxylation sites is 1. The van der Waals surface area contributed by atoms with Gasteiger partial charge in [-0.05, 0) is 67.9 Å². The van der Waals surface area contributed by atoms with Crippen molar-refractivity contribution >= 4 is 29.3 Å². The van der Waals surface area contributed by atoms with Gasteiger partial charge in [-0.2, -0.15) is 0 Å². The maximum absolute atomic E-state index is 14.2. The SMILES string of the molecule is COc1ccc([C@H]2Sc3ccccc3N(C[C@H](C)N(C)CCc3ccc(OC)c(OC)c3)C(=O)[C@H]2OC(C)=O)cc1. The first kappa shape index (κ1) is 30.3. The van der Waals surface area contributed by atoms with Gasteiger partial charge in [-0.25, -0.2) is 0 Å². The van der Waals surface area contributed by atoms with E-state index in [4.69, 9.17) is 18.9 Å². The molecule has 3 aromatic rings. The van der Waals surface area contributed by atoms with E-state index >= 15 is 0 Å². The van der Waals surface area contributed by atoms with Crippen molar-refractivity contribution in [2.45, 2.75) is 42.6 Å². The highest BCUT2D eigenvalue weighted by Crippen LogP contribution is 2.47. The number of nitrogens with zero attached hydrogens (tertiary/aromatic N) is 2. The van der Waals surface area contributed by atoms with Crippen molar-refractivity contribution in [3.63, 3.8) is 0 Å². The number of hydrogen-bond acceptors (Lipinski definition) is 8. The number of amides is 1. The van der Waals surface area contributed by atoms with Crippen LogP contribution in [-0.4, -0.2) is 70.4 Å². The number of fused-ring (bicyclic) bond motifs is 1. The van der Waals surface area contributed by atoms with Crippen LogP contribution in [0.5, 0.6) is 17.2 Å². The molecule has 0 saturated carbocycles. The van der Waals surface area contributed by atoms with E-state index in [0.29, 0.717) is 18.0 Å². The predicted octanol–water partition coefficient (Wildman–Crippen LogP) is 5.39. The molecule has 9 heteroatoms. The number of carbonyl (C=O) groups is 2. The van der Waals surface area contributed by atoms with E-state index in [1.165, 1.54) is 18.7 Å². The first-order chi connectivity index (χ1) is 19.7. The van der Waals surface area contributed by atoms with Crippen LogP contribution in [-0.2, 0) is 20.7 Å². The van der Waals surface area contributed by atoms with Crippen LogP contribution >= 0.6 is 11.8 Å². The van der Waals surface area contributed by atoms with Gasteiger partial charge < -0.3 is 28.7 Å². The van der Waals surface area contributed by atoms with Crippen LogP contribution in [0.2, 0.25) is 0 Å². The van der Waals surface area contributed by atoms with Gasteiger partial charge in [0.1, 0.15) is 5.75 Å².